The Kier molecular flexibility index (Phi) is 6.23. The van der Waals surface area contributed by atoms with Crippen LogP contribution >= 0.6 is 11.3 Å². The third-order valence-corrected chi connectivity index (χ3v) is 6.33. The summed E-state index contributed by atoms with van der Waals surface area (Å²) in [6.45, 7) is 2.94. The second-order valence-electron chi connectivity index (χ2n) is 7.16. The lowest BCUT2D eigenvalue weighted by Crippen LogP contribution is -2.17. The van der Waals surface area contributed by atoms with Crippen molar-refractivity contribution in [1.82, 2.24) is 0 Å². The number of esters is 1. The highest BCUT2D eigenvalue weighted by molar-refractivity contribution is 7.17. The number of nitrogens with one attached hydrogen (secondary N) is 1. The predicted octanol–water partition coefficient (Wildman–Crippen LogP) is 4.12. The first kappa shape index (κ1) is 20.9. The first-order chi connectivity index (χ1) is 15.1. The number of carbonyl (C=O) groups is 2. The summed E-state index contributed by atoms with van der Waals surface area (Å²) in [5, 5.41) is 12.8. The zero-order valence-electron chi connectivity index (χ0n) is 17.2. The Morgan fingerprint density at radius 3 is 2.77 bits per heavy atom. The van der Waals surface area contributed by atoms with Crippen molar-refractivity contribution in [3.8, 4) is 17.6 Å². The van der Waals surface area contributed by atoms with E-state index < -0.39 is 11.9 Å². The Morgan fingerprint density at radius 1 is 1.23 bits per heavy atom. The standard InChI is InChI=1S/C23H22N2O5S/c1-2-28-23(27)20-16-5-3-4-6-19(16)31-22(20)25-21(26)15(13-24)11-14-7-8-17-18(12-14)30-10-9-29-17/h7-8,11-12H,2-6,9-10H2,1H3,(H,25,26). The third kappa shape index (κ3) is 4.42. The van der Waals surface area contributed by atoms with Crippen LogP contribution in [0.5, 0.6) is 11.5 Å². The number of aryl methyl sites for hydroxylation is 1. The molecule has 0 fully saturated rings. The number of benzene rings is 1. The van der Waals surface area contributed by atoms with Gasteiger partial charge in [-0.15, -0.1) is 11.3 Å². The third-order valence-electron chi connectivity index (χ3n) is 5.12. The lowest BCUT2D eigenvalue weighted by atomic mass is 9.95. The summed E-state index contributed by atoms with van der Waals surface area (Å²) in [4.78, 5) is 26.5. The fourth-order valence-corrected chi connectivity index (χ4v) is 4.98. The Bertz CT molecular complexity index is 1100. The molecule has 4 rings (SSSR count). The van der Waals surface area contributed by atoms with Gasteiger partial charge in [-0.05, 0) is 61.9 Å². The molecule has 0 bridgehead atoms. The molecule has 2 heterocycles. The van der Waals surface area contributed by atoms with Crippen molar-refractivity contribution in [2.45, 2.75) is 32.6 Å². The molecule has 0 spiro atoms. The van der Waals surface area contributed by atoms with E-state index in [1.54, 1.807) is 25.1 Å². The van der Waals surface area contributed by atoms with Crippen LogP contribution in [0.2, 0.25) is 0 Å². The number of fused-ring (bicyclic) bond motifs is 2. The average Bonchev–Trinajstić information content (AvgIpc) is 3.15. The van der Waals surface area contributed by atoms with Gasteiger partial charge in [0.2, 0.25) is 0 Å². The number of anilines is 1. The highest BCUT2D eigenvalue weighted by Gasteiger charge is 2.27. The molecular formula is C23H22N2O5S. The van der Waals surface area contributed by atoms with Crippen molar-refractivity contribution in [3.63, 3.8) is 0 Å². The van der Waals surface area contributed by atoms with Gasteiger partial charge in [-0.2, -0.15) is 5.26 Å². The highest BCUT2D eigenvalue weighted by atomic mass is 32.1. The molecule has 0 radical (unpaired) electrons. The van der Waals surface area contributed by atoms with E-state index in [1.807, 2.05) is 6.07 Å². The number of thiophene rings is 1. The molecule has 1 aliphatic carbocycles. The molecule has 2 aliphatic rings. The maximum Gasteiger partial charge on any atom is 0.341 e. The van der Waals surface area contributed by atoms with Crippen LogP contribution in [0.4, 0.5) is 5.00 Å². The smallest absolute Gasteiger partial charge is 0.341 e. The van der Waals surface area contributed by atoms with E-state index in [2.05, 4.69) is 5.32 Å². The molecule has 8 heteroatoms. The summed E-state index contributed by atoms with van der Waals surface area (Å²) in [7, 11) is 0. The fraction of sp³-hybridized carbons (Fsp3) is 0.348. The van der Waals surface area contributed by atoms with E-state index >= 15 is 0 Å². The number of ether oxygens (including phenoxy) is 3. The number of rotatable bonds is 5. The predicted molar refractivity (Wildman–Crippen MR) is 117 cm³/mol. The molecule has 0 saturated carbocycles. The van der Waals surface area contributed by atoms with Gasteiger partial charge in [-0.25, -0.2) is 4.79 Å². The zero-order chi connectivity index (χ0) is 21.8. The van der Waals surface area contributed by atoms with Crippen LogP contribution < -0.4 is 14.8 Å². The summed E-state index contributed by atoms with van der Waals surface area (Å²) < 4.78 is 16.3. The number of amides is 1. The van der Waals surface area contributed by atoms with Gasteiger partial charge in [-0.1, -0.05) is 6.07 Å². The molecule has 0 atom stereocenters. The molecule has 160 valence electrons. The van der Waals surface area contributed by atoms with Crippen molar-refractivity contribution in [2.24, 2.45) is 0 Å². The Labute approximate surface area is 184 Å². The van der Waals surface area contributed by atoms with Crippen LogP contribution in [-0.2, 0) is 22.4 Å². The van der Waals surface area contributed by atoms with Crippen LogP contribution in [0.1, 0.15) is 46.1 Å². The molecule has 1 aromatic heterocycles. The molecular weight excluding hydrogens is 416 g/mol. The number of nitrogens with zero attached hydrogens (tertiary/aromatic N) is 1. The molecule has 1 N–H and O–H groups in total. The average molecular weight is 439 g/mol. The van der Waals surface area contributed by atoms with Gasteiger partial charge in [0, 0.05) is 4.88 Å². The maximum absolute atomic E-state index is 12.9. The van der Waals surface area contributed by atoms with Gasteiger partial charge < -0.3 is 19.5 Å². The van der Waals surface area contributed by atoms with Gasteiger partial charge in [-0.3, -0.25) is 4.79 Å². The number of carbonyl (C=O) groups excluding carboxylic acids is 2. The Hall–Kier alpha value is -3.31. The second-order valence-corrected chi connectivity index (χ2v) is 8.27. The van der Waals surface area contributed by atoms with E-state index in [1.165, 1.54) is 17.4 Å². The SMILES string of the molecule is CCOC(=O)c1c(NC(=O)C(C#N)=Cc2ccc3c(c2)OCCO3)sc2c1CCCC2. The van der Waals surface area contributed by atoms with Crippen molar-refractivity contribution >= 4 is 34.3 Å². The monoisotopic (exact) mass is 438 g/mol. The van der Waals surface area contributed by atoms with Gasteiger partial charge in [0.15, 0.2) is 11.5 Å². The van der Waals surface area contributed by atoms with Crippen LogP contribution in [0.3, 0.4) is 0 Å². The first-order valence-corrected chi connectivity index (χ1v) is 11.1. The molecule has 31 heavy (non-hydrogen) atoms. The summed E-state index contributed by atoms with van der Waals surface area (Å²) in [6, 6.07) is 7.19. The Balaban J connectivity index is 1.61. The van der Waals surface area contributed by atoms with Crippen LogP contribution in [0, 0.1) is 11.3 Å². The van der Waals surface area contributed by atoms with E-state index in [-0.39, 0.29) is 12.2 Å². The minimum atomic E-state index is -0.568. The molecule has 0 unspecified atom stereocenters. The number of hydrogen-bond donors (Lipinski definition) is 1. The molecule has 1 amide bonds. The number of nitriles is 1. The first-order valence-electron chi connectivity index (χ1n) is 10.2. The van der Waals surface area contributed by atoms with E-state index in [0.29, 0.717) is 40.8 Å². The quantitative estimate of drug-likeness (QED) is 0.428. The summed E-state index contributed by atoms with van der Waals surface area (Å²) in [5.74, 6) is 0.205. The maximum atomic E-state index is 12.9. The van der Waals surface area contributed by atoms with Crippen LogP contribution in [-0.4, -0.2) is 31.7 Å². The van der Waals surface area contributed by atoms with Crippen LogP contribution in [0.25, 0.3) is 6.08 Å². The topological polar surface area (TPSA) is 97.7 Å². The van der Waals surface area contributed by atoms with Crippen molar-refractivity contribution < 1.29 is 23.8 Å². The summed E-state index contributed by atoms with van der Waals surface area (Å²) in [5.41, 5.74) is 1.95. The van der Waals surface area contributed by atoms with Gasteiger partial charge in [0.1, 0.15) is 29.9 Å². The van der Waals surface area contributed by atoms with Gasteiger partial charge in [0.05, 0.1) is 12.2 Å². The Morgan fingerprint density at radius 2 is 2.00 bits per heavy atom. The molecule has 7 nitrogen and oxygen atoms in total. The normalized spacial score (nSPS) is 14.9. The van der Waals surface area contributed by atoms with E-state index in [4.69, 9.17) is 14.2 Å². The number of hydrogen-bond acceptors (Lipinski definition) is 7. The van der Waals surface area contributed by atoms with Crippen molar-refractivity contribution in [3.05, 3.63) is 45.3 Å². The van der Waals surface area contributed by atoms with Gasteiger partial charge >= 0.3 is 5.97 Å². The molecule has 1 aromatic carbocycles. The molecule has 2 aromatic rings. The highest BCUT2D eigenvalue weighted by Crippen LogP contribution is 2.39. The van der Waals surface area contributed by atoms with Crippen LogP contribution in [0.15, 0.2) is 23.8 Å². The zero-order valence-corrected chi connectivity index (χ0v) is 18.0. The van der Waals surface area contributed by atoms with Crippen molar-refractivity contribution in [2.75, 3.05) is 25.1 Å². The van der Waals surface area contributed by atoms with Crippen molar-refractivity contribution in [1.29, 1.82) is 5.26 Å². The molecule has 0 saturated heterocycles. The lowest BCUT2D eigenvalue weighted by Gasteiger charge is -2.18. The largest absolute Gasteiger partial charge is 0.486 e. The lowest BCUT2D eigenvalue weighted by molar-refractivity contribution is -0.112. The minimum absolute atomic E-state index is 0.0714. The fourth-order valence-electron chi connectivity index (χ4n) is 3.71. The molecule has 1 aliphatic heterocycles. The second kappa shape index (κ2) is 9.23. The minimum Gasteiger partial charge on any atom is -0.486 e. The van der Waals surface area contributed by atoms with Gasteiger partial charge in [0.25, 0.3) is 5.91 Å². The van der Waals surface area contributed by atoms with E-state index in [0.717, 1.165) is 36.1 Å². The summed E-state index contributed by atoms with van der Waals surface area (Å²) in [6.07, 6.45) is 5.20. The summed E-state index contributed by atoms with van der Waals surface area (Å²) >= 11 is 1.39. The van der Waals surface area contributed by atoms with E-state index in [9.17, 15) is 14.9 Å².